The second-order valence-corrected chi connectivity index (χ2v) is 5.12. The summed E-state index contributed by atoms with van der Waals surface area (Å²) in [7, 11) is 0. The van der Waals surface area contributed by atoms with Crippen molar-refractivity contribution in [3.05, 3.63) is 29.8 Å². The van der Waals surface area contributed by atoms with Gasteiger partial charge in [0.05, 0.1) is 22.8 Å². The monoisotopic (exact) mass is 279 g/mol. The molecule has 0 fully saturated rings. The van der Waals surface area contributed by atoms with Gasteiger partial charge in [0.25, 0.3) is 5.91 Å². The normalized spacial score (nSPS) is 11.6. The Morgan fingerprint density at radius 3 is 2.80 bits per heavy atom. The third kappa shape index (κ3) is 2.61. The predicted molar refractivity (Wildman–Crippen MR) is 69.8 cm³/mol. The minimum atomic E-state index is -1.10. The number of carboxylic acids is 1. The molecule has 0 aliphatic rings. The van der Waals surface area contributed by atoms with E-state index in [1.165, 1.54) is 26.2 Å². The van der Waals surface area contributed by atoms with Gasteiger partial charge in [-0.05, 0) is 26.0 Å². The third-order valence-corrected chi connectivity index (χ3v) is 3.00. The maximum Gasteiger partial charge on any atom is 0.310 e. The van der Waals surface area contributed by atoms with E-state index in [1.807, 2.05) is 0 Å². The Kier molecular flexibility index (Phi) is 3.44. The Labute approximate surface area is 114 Å². The van der Waals surface area contributed by atoms with E-state index in [9.17, 15) is 14.0 Å². The van der Waals surface area contributed by atoms with Crippen LogP contribution in [0.25, 0.3) is 11.0 Å². The lowest BCUT2D eigenvalue weighted by Crippen LogP contribution is -2.39. The van der Waals surface area contributed by atoms with E-state index in [4.69, 9.17) is 5.11 Å². The summed E-state index contributed by atoms with van der Waals surface area (Å²) in [6.45, 7) is 2.92. The quantitative estimate of drug-likeness (QED) is 0.791. The van der Waals surface area contributed by atoms with Crippen LogP contribution in [0.4, 0.5) is 4.39 Å². The van der Waals surface area contributed by atoms with Gasteiger partial charge in [-0.3, -0.25) is 9.59 Å². The second-order valence-electron chi connectivity index (χ2n) is 5.12. The van der Waals surface area contributed by atoms with Crippen LogP contribution in [0.15, 0.2) is 18.5 Å². The topological polar surface area (TPSA) is 95.1 Å². The Balaban J connectivity index is 2.24. The minimum Gasteiger partial charge on any atom is -0.481 e. The molecule has 0 bridgehead atoms. The second kappa shape index (κ2) is 4.92. The summed E-state index contributed by atoms with van der Waals surface area (Å²) in [6, 6.07) is 2.31. The van der Waals surface area contributed by atoms with Crippen molar-refractivity contribution >= 4 is 22.9 Å². The SMILES string of the molecule is CC(C)(CNC(=O)c1cc(F)cc2[nH]cnc12)C(=O)O. The van der Waals surface area contributed by atoms with Gasteiger partial charge in [-0.1, -0.05) is 0 Å². The van der Waals surface area contributed by atoms with Crippen LogP contribution in [-0.2, 0) is 4.79 Å². The Morgan fingerprint density at radius 2 is 2.15 bits per heavy atom. The third-order valence-electron chi connectivity index (χ3n) is 3.00. The first kappa shape index (κ1) is 14.0. The molecule has 2 aromatic rings. The lowest BCUT2D eigenvalue weighted by atomic mass is 9.94. The van der Waals surface area contributed by atoms with Crippen LogP contribution in [-0.4, -0.2) is 33.5 Å². The fraction of sp³-hybridized carbons (Fsp3) is 0.308. The van der Waals surface area contributed by atoms with Gasteiger partial charge in [0.1, 0.15) is 11.3 Å². The summed E-state index contributed by atoms with van der Waals surface area (Å²) in [5, 5.41) is 11.5. The number of hydrogen-bond donors (Lipinski definition) is 3. The summed E-state index contributed by atoms with van der Waals surface area (Å²) < 4.78 is 13.4. The molecule has 0 saturated carbocycles. The molecule has 0 spiro atoms. The predicted octanol–water partition coefficient (Wildman–Crippen LogP) is 1.54. The molecule has 0 aliphatic carbocycles. The molecule has 1 heterocycles. The van der Waals surface area contributed by atoms with Crippen LogP contribution in [0, 0.1) is 11.2 Å². The Morgan fingerprint density at radius 1 is 1.45 bits per heavy atom. The number of amides is 1. The van der Waals surface area contributed by atoms with Crippen LogP contribution in [0.3, 0.4) is 0 Å². The molecule has 0 aliphatic heterocycles. The fourth-order valence-electron chi connectivity index (χ4n) is 1.66. The first-order chi connectivity index (χ1) is 9.31. The van der Waals surface area contributed by atoms with Crippen molar-refractivity contribution in [3.8, 4) is 0 Å². The van der Waals surface area contributed by atoms with Gasteiger partial charge in [-0.2, -0.15) is 0 Å². The minimum absolute atomic E-state index is 0.0659. The van der Waals surface area contributed by atoms with E-state index < -0.39 is 23.1 Å². The maximum atomic E-state index is 13.4. The van der Waals surface area contributed by atoms with E-state index >= 15 is 0 Å². The Hall–Kier alpha value is -2.44. The van der Waals surface area contributed by atoms with E-state index in [1.54, 1.807) is 0 Å². The molecular formula is C13H14FN3O3. The molecular weight excluding hydrogens is 265 g/mol. The van der Waals surface area contributed by atoms with Crippen molar-refractivity contribution in [3.63, 3.8) is 0 Å². The summed E-state index contributed by atoms with van der Waals surface area (Å²) >= 11 is 0. The summed E-state index contributed by atoms with van der Waals surface area (Å²) in [6.07, 6.45) is 1.36. The molecule has 1 amide bonds. The van der Waals surface area contributed by atoms with Crippen molar-refractivity contribution in [2.24, 2.45) is 5.41 Å². The number of rotatable bonds is 4. The summed E-state index contributed by atoms with van der Waals surface area (Å²) in [4.78, 5) is 29.7. The summed E-state index contributed by atoms with van der Waals surface area (Å²) in [5.41, 5.74) is -0.277. The lowest BCUT2D eigenvalue weighted by molar-refractivity contribution is -0.146. The molecule has 0 atom stereocenters. The number of carboxylic acid groups (broad SMARTS) is 1. The molecule has 6 nitrogen and oxygen atoms in total. The van der Waals surface area contributed by atoms with Crippen molar-refractivity contribution in [1.29, 1.82) is 0 Å². The molecule has 0 unspecified atom stereocenters. The molecule has 2 rings (SSSR count). The number of imidazole rings is 1. The van der Waals surface area contributed by atoms with Gasteiger partial charge >= 0.3 is 5.97 Å². The van der Waals surface area contributed by atoms with Gasteiger partial charge in [-0.25, -0.2) is 9.37 Å². The number of aromatic nitrogens is 2. The number of carbonyl (C=O) groups excluding carboxylic acids is 1. The van der Waals surface area contributed by atoms with Gasteiger partial charge in [0.2, 0.25) is 0 Å². The van der Waals surface area contributed by atoms with Gasteiger partial charge in [0.15, 0.2) is 0 Å². The number of halogens is 1. The summed E-state index contributed by atoms with van der Waals surface area (Å²) in [5.74, 6) is -2.15. The number of aromatic amines is 1. The maximum absolute atomic E-state index is 13.4. The molecule has 1 aromatic carbocycles. The molecule has 20 heavy (non-hydrogen) atoms. The zero-order chi connectivity index (χ0) is 14.9. The van der Waals surface area contributed by atoms with Crippen LogP contribution < -0.4 is 5.32 Å². The van der Waals surface area contributed by atoms with Gasteiger partial charge in [0, 0.05) is 6.54 Å². The average Bonchev–Trinajstić information content (AvgIpc) is 2.82. The zero-order valence-electron chi connectivity index (χ0n) is 11.0. The largest absolute Gasteiger partial charge is 0.481 e. The van der Waals surface area contributed by atoms with Crippen LogP contribution in [0.5, 0.6) is 0 Å². The van der Waals surface area contributed by atoms with Crippen molar-refractivity contribution in [2.75, 3.05) is 6.54 Å². The Bertz CT molecular complexity index is 679. The molecule has 1 aromatic heterocycles. The molecule has 3 N–H and O–H groups in total. The number of nitrogens with zero attached hydrogens (tertiary/aromatic N) is 1. The number of hydrogen-bond acceptors (Lipinski definition) is 3. The molecule has 0 saturated heterocycles. The highest BCUT2D eigenvalue weighted by Gasteiger charge is 2.28. The van der Waals surface area contributed by atoms with E-state index in [2.05, 4.69) is 15.3 Å². The van der Waals surface area contributed by atoms with Crippen LogP contribution in [0.1, 0.15) is 24.2 Å². The fourth-order valence-corrected chi connectivity index (χ4v) is 1.66. The number of H-pyrrole nitrogens is 1. The van der Waals surface area contributed by atoms with Crippen LogP contribution in [0.2, 0.25) is 0 Å². The average molecular weight is 279 g/mol. The standard InChI is InChI=1S/C13H14FN3O3/c1-13(2,12(19)20)5-15-11(18)8-3-7(14)4-9-10(8)17-6-16-9/h3-4,6H,5H2,1-2H3,(H,15,18)(H,16,17)(H,19,20). The van der Waals surface area contributed by atoms with Gasteiger partial charge in [-0.15, -0.1) is 0 Å². The smallest absolute Gasteiger partial charge is 0.310 e. The number of nitrogens with one attached hydrogen (secondary N) is 2. The number of fused-ring (bicyclic) bond motifs is 1. The number of benzene rings is 1. The zero-order valence-corrected chi connectivity index (χ0v) is 11.0. The highest BCUT2D eigenvalue weighted by molar-refractivity contribution is 6.04. The highest BCUT2D eigenvalue weighted by atomic mass is 19.1. The van der Waals surface area contributed by atoms with Gasteiger partial charge < -0.3 is 15.4 Å². The lowest BCUT2D eigenvalue weighted by Gasteiger charge is -2.19. The van der Waals surface area contributed by atoms with E-state index in [-0.39, 0.29) is 12.1 Å². The first-order valence-corrected chi connectivity index (χ1v) is 5.95. The number of aliphatic carboxylic acids is 1. The highest BCUT2D eigenvalue weighted by Crippen LogP contribution is 2.18. The van der Waals surface area contributed by atoms with Crippen molar-refractivity contribution in [1.82, 2.24) is 15.3 Å². The van der Waals surface area contributed by atoms with E-state index in [0.29, 0.717) is 11.0 Å². The molecule has 106 valence electrons. The first-order valence-electron chi connectivity index (χ1n) is 5.95. The van der Waals surface area contributed by atoms with Crippen molar-refractivity contribution < 1.29 is 19.1 Å². The molecule has 0 radical (unpaired) electrons. The van der Waals surface area contributed by atoms with Crippen molar-refractivity contribution in [2.45, 2.75) is 13.8 Å². The number of carbonyl (C=O) groups is 2. The molecule has 7 heteroatoms. The van der Waals surface area contributed by atoms with E-state index in [0.717, 1.165) is 6.07 Å². The van der Waals surface area contributed by atoms with Crippen LogP contribution >= 0.6 is 0 Å².